The third-order valence-electron chi connectivity index (χ3n) is 3.51. The molecule has 0 bridgehead atoms. The van der Waals surface area contributed by atoms with Crippen LogP contribution in [0.1, 0.15) is 37.8 Å². The third kappa shape index (κ3) is 6.15. The lowest BCUT2D eigenvalue weighted by atomic mass is 9.94. The molecule has 0 aliphatic rings. The van der Waals surface area contributed by atoms with Crippen molar-refractivity contribution in [2.45, 2.75) is 33.6 Å². The van der Waals surface area contributed by atoms with Crippen LogP contribution in [0.4, 0.5) is 10.5 Å². The van der Waals surface area contributed by atoms with Gasteiger partial charge in [-0.1, -0.05) is 19.9 Å². The van der Waals surface area contributed by atoms with Crippen LogP contribution < -0.4 is 10.6 Å². The van der Waals surface area contributed by atoms with Crippen molar-refractivity contribution < 1.29 is 9.90 Å². The highest BCUT2D eigenvalue weighted by Crippen LogP contribution is 2.17. The zero-order valence-electron chi connectivity index (χ0n) is 13.5. The number of rotatable bonds is 7. The number of aryl methyl sites for hydroxylation is 1. The molecule has 1 rings (SSSR count). The first-order chi connectivity index (χ1) is 10.5. The second kappa shape index (κ2) is 9.06. The summed E-state index contributed by atoms with van der Waals surface area (Å²) in [5, 5.41) is 23.6. The van der Waals surface area contributed by atoms with Crippen LogP contribution in [0.2, 0.25) is 0 Å². The van der Waals surface area contributed by atoms with Crippen molar-refractivity contribution in [2.75, 3.05) is 18.5 Å². The zero-order valence-corrected chi connectivity index (χ0v) is 13.5. The zero-order chi connectivity index (χ0) is 16.5. The quantitative estimate of drug-likeness (QED) is 0.723. The Kier molecular flexibility index (Phi) is 7.41. The van der Waals surface area contributed by atoms with Gasteiger partial charge in [-0.2, -0.15) is 5.26 Å². The SMILES string of the molecule is Cc1ccc(C#N)cc1NC(=O)NCC(CCO)CC(C)C. The van der Waals surface area contributed by atoms with Gasteiger partial charge in [0.25, 0.3) is 0 Å². The maximum atomic E-state index is 12.0. The Labute approximate surface area is 132 Å². The Morgan fingerprint density at radius 3 is 2.73 bits per heavy atom. The highest BCUT2D eigenvalue weighted by atomic mass is 16.3. The number of aliphatic hydroxyl groups excluding tert-OH is 1. The van der Waals surface area contributed by atoms with E-state index in [1.807, 2.05) is 13.0 Å². The normalized spacial score (nSPS) is 11.8. The van der Waals surface area contributed by atoms with Crippen LogP contribution >= 0.6 is 0 Å². The summed E-state index contributed by atoms with van der Waals surface area (Å²) in [7, 11) is 0. The molecule has 0 spiro atoms. The number of carbonyl (C=O) groups excluding carboxylic acids is 1. The van der Waals surface area contributed by atoms with E-state index in [-0.39, 0.29) is 18.6 Å². The van der Waals surface area contributed by atoms with Crippen LogP contribution in [-0.4, -0.2) is 24.3 Å². The van der Waals surface area contributed by atoms with E-state index in [0.717, 1.165) is 12.0 Å². The van der Waals surface area contributed by atoms with E-state index in [1.54, 1.807) is 12.1 Å². The van der Waals surface area contributed by atoms with E-state index in [4.69, 9.17) is 10.4 Å². The predicted octanol–water partition coefficient (Wildman–Crippen LogP) is 3.03. The lowest BCUT2D eigenvalue weighted by molar-refractivity contribution is 0.231. The number of amides is 2. The fraction of sp³-hybridized carbons (Fsp3) is 0.529. The van der Waals surface area contributed by atoms with Gasteiger partial charge >= 0.3 is 6.03 Å². The average Bonchev–Trinajstić information content (AvgIpc) is 2.47. The van der Waals surface area contributed by atoms with Gasteiger partial charge in [0.2, 0.25) is 0 Å². The molecule has 0 aromatic heterocycles. The summed E-state index contributed by atoms with van der Waals surface area (Å²) in [5.41, 5.74) is 2.06. The molecule has 3 N–H and O–H groups in total. The molecule has 0 saturated heterocycles. The van der Waals surface area contributed by atoms with Gasteiger partial charge in [0.1, 0.15) is 0 Å². The van der Waals surface area contributed by atoms with Crippen molar-refractivity contribution in [1.82, 2.24) is 5.32 Å². The van der Waals surface area contributed by atoms with E-state index in [2.05, 4.69) is 30.6 Å². The fourth-order valence-electron chi connectivity index (χ4n) is 2.38. The molecule has 2 amide bonds. The fourth-order valence-corrected chi connectivity index (χ4v) is 2.38. The second-order valence-electron chi connectivity index (χ2n) is 5.98. The Bertz CT molecular complexity index is 535. The van der Waals surface area contributed by atoms with Crippen LogP contribution in [0.5, 0.6) is 0 Å². The highest BCUT2D eigenvalue weighted by Gasteiger charge is 2.12. The molecule has 0 saturated carbocycles. The minimum Gasteiger partial charge on any atom is -0.396 e. The molecular weight excluding hydrogens is 278 g/mol. The maximum absolute atomic E-state index is 12.0. The minimum absolute atomic E-state index is 0.129. The number of hydrogen-bond acceptors (Lipinski definition) is 3. The minimum atomic E-state index is -0.287. The van der Waals surface area contributed by atoms with Crippen LogP contribution in [0.15, 0.2) is 18.2 Å². The lowest BCUT2D eigenvalue weighted by Crippen LogP contribution is -2.34. The summed E-state index contributed by atoms with van der Waals surface area (Å²) in [6.45, 7) is 6.79. The van der Waals surface area contributed by atoms with Crippen molar-refractivity contribution in [3.05, 3.63) is 29.3 Å². The van der Waals surface area contributed by atoms with Crippen LogP contribution in [0.25, 0.3) is 0 Å². The van der Waals surface area contributed by atoms with Gasteiger partial charge < -0.3 is 15.7 Å². The molecule has 0 heterocycles. The summed E-state index contributed by atoms with van der Waals surface area (Å²) < 4.78 is 0. The van der Waals surface area contributed by atoms with Gasteiger partial charge in [0, 0.05) is 18.8 Å². The van der Waals surface area contributed by atoms with Crippen LogP contribution in [-0.2, 0) is 0 Å². The van der Waals surface area contributed by atoms with E-state index < -0.39 is 0 Å². The molecule has 1 atom stereocenters. The first-order valence-corrected chi connectivity index (χ1v) is 7.62. The molecule has 5 heteroatoms. The van der Waals surface area contributed by atoms with Crippen molar-refractivity contribution in [2.24, 2.45) is 11.8 Å². The topological polar surface area (TPSA) is 85.2 Å². The van der Waals surface area contributed by atoms with Crippen LogP contribution in [0, 0.1) is 30.1 Å². The number of aliphatic hydroxyl groups is 1. The molecule has 22 heavy (non-hydrogen) atoms. The van der Waals surface area contributed by atoms with Gasteiger partial charge in [0.15, 0.2) is 0 Å². The van der Waals surface area contributed by atoms with E-state index in [9.17, 15) is 4.79 Å². The molecule has 1 aromatic rings. The Morgan fingerprint density at radius 1 is 1.41 bits per heavy atom. The second-order valence-corrected chi connectivity index (χ2v) is 5.98. The maximum Gasteiger partial charge on any atom is 0.319 e. The average molecular weight is 303 g/mol. The van der Waals surface area contributed by atoms with E-state index in [0.29, 0.717) is 30.1 Å². The van der Waals surface area contributed by atoms with Gasteiger partial charge in [0.05, 0.1) is 11.6 Å². The number of nitrogens with one attached hydrogen (secondary N) is 2. The molecule has 1 aromatic carbocycles. The van der Waals surface area contributed by atoms with Crippen LogP contribution in [0.3, 0.4) is 0 Å². The van der Waals surface area contributed by atoms with Gasteiger partial charge in [-0.25, -0.2) is 4.79 Å². The molecule has 120 valence electrons. The Balaban J connectivity index is 2.57. The first kappa shape index (κ1) is 18.0. The van der Waals surface area contributed by atoms with Gasteiger partial charge in [-0.05, 0) is 49.3 Å². The summed E-state index contributed by atoms with van der Waals surface area (Å²) >= 11 is 0. The monoisotopic (exact) mass is 303 g/mol. The number of nitrogens with zero attached hydrogens (tertiary/aromatic N) is 1. The van der Waals surface area contributed by atoms with Gasteiger partial charge in [-0.15, -0.1) is 0 Å². The number of carbonyl (C=O) groups is 1. The molecule has 1 unspecified atom stereocenters. The van der Waals surface area contributed by atoms with E-state index in [1.165, 1.54) is 0 Å². The summed E-state index contributed by atoms with van der Waals surface area (Å²) in [6.07, 6.45) is 1.64. The molecule has 0 aliphatic carbocycles. The molecule has 0 aliphatic heterocycles. The predicted molar refractivity (Wildman–Crippen MR) is 87.6 cm³/mol. The summed E-state index contributed by atoms with van der Waals surface area (Å²) in [6, 6.07) is 6.96. The number of benzene rings is 1. The summed E-state index contributed by atoms with van der Waals surface area (Å²) in [4.78, 5) is 12.0. The molecule has 0 radical (unpaired) electrons. The van der Waals surface area contributed by atoms with Crippen molar-refractivity contribution in [1.29, 1.82) is 5.26 Å². The van der Waals surface area contributed by atoms with Crippen molar-refractivity contribution >= 4 is 11.7 Å². The lowest BCUT2D eigenvalue weighted by Gasteiger charge is -2.19. The number of anilines is 1. The number of nitriles is 1. The smallest absolute Gasteiger partial charge is 0.319 e. The number of urea groups is 1. The number of hydrogen-bond donors (Lipinski definition) is 3. The Hall–Kier alpha value is -2.06. The molecular formula is C17H25N3O2. The summed E-state index contributed by atoms with van der Waals surface area (Å²) in [5.74, 6) is 0.790. The standard InChI is InChI=1S/C17H25N3O2/c1-12(2)8-15(6-7-21)11-19-17(22)20-16-9-14(10-18)5-4-13(16)3/h4-5,9,12,15,21H,6-8,11H2,1-3H3,(H2,19,20,22). The Morgan fingerprint density at radius 2 is 2.14 bits per heavy atom. The van der Waals surface area contributed by atoms with Crippen molar-refractivity contribution in [3.8, 4) is 6.07 Å². The molecule has 5 nitrogen and oxygen atoms in total. The van der Waals surface area contributed by atoms with Gasteiger partial charge in [-0.3, -0.25) is 0 Å². The first-order valence-electron chi connectivity index (χ1n) is 7.62. The third-order valence-corrected chi connectivity index (χ3v) is 3.51. The molecule has 0 fully saturated rings. The van der Waals surface area contributed by atoms with Crippen molar-refractivity contribution in [3.63, 3.8) is 0 Å². The largest absolute Gasteiger partial charge is 0.396 e. The highest BCUT2D eigenvalue weighted by molar-refractivity contribution is 5.90. The van der Waals surface area contributed by atoms with E-state index >= 15 is 0 Å².